The Morgan fingerprint density at radius 1 is 1.00 bits per heavy atom. The third-order valence-electron chi connectivity index (χ3n) is 3.87. The normalized spacial score (nSPS) is 13.4. The van der Waals surface area contributed by atoms with E-state index in [1.165, 1.54) is 25.2 Å². The lowest BCUT2D eigenvalue weighted by molar-refractivity contribution is -0.148. The molecule has 0 amide bonds. The van der Waals surface area contributed by atoms with Crippen molar-refractivity contribution in [1.82, 2.24) is 0 Å². The molecule has 0 saturated heterocycles. The van der Waals surface area contributed by atoms with Gasteiger partial charge in [0.15, 0.2) is 0 Å². The van der Waals surface area contributed by atoms with Gasteiger partial charge in [0.2, 0.25) is 0 Å². The van der Waals surface area contributed by atoms with Crippen molar-refractivity contribution in [3.8, 4) is 0 Å². The number of methoxy groups -OCH3 is 1. The van der Waals surface area contributed by atoms with Gasteiger partial charge in [0, 0.05) is 0 Å². The molecule has 136 valence electrons. The zero-order valence-electron chi connectivity index (χ0n) is 15.7. The molecular formula is C20H32O4. The van der Waals surface area contributed by atoms with Crippen molar-refractivity contribution >= 4 is 11.8 Å². The van der Waals surface area contributed by atoms with Crippen molar-refractivity contribution in [2.45, 2.75) is 59.8 Å². The molecule has 0 aromatic heterocycles. The van der Waals surface area contributed by atoms with E-state index >= 15 is 0 Å². The second-order valence-electron chi connectivity index (χ2n) is 6.35. The number of hydrogen-bond donors (Lipinski definition) is 1. The summed E-state index contributed by atoms with van der Waals surface area (Å²) in [5.41, 5.74) is 3.51. The molecule has 0 fully saturated rings. The lowest BCUT2D eigenvalue weighted by atomic mass is 9.98. The van der Waals surface area contributed by atoms with Crippen LogP contribution in [0.5, 0.6) is 0 Å². The minimum absolute atomic E-state index is 0.0591. The van der Waals surface area contributed by atoms with Crippen LogP contribution in [0.3, 0.4) is 0 Å². The number of aliphatic hydroxyl groups excluding tert-OH is 1. The van der Waals surface area contributed by atoms with Crippen molar-refractivity contribution in [3.05, 3.63) is 34.9 Å². The van der Waals surface area contributed by atoms with Gasteiger partial charge in [0.25, 0.3) is 0 Å². The maximum atomic E-state index is 11.6. The molecule has 0 bridgehead atoms. The van der Waals surface area contributed by atoms with Gasteiger partial charge < -0.3 is 9.84 Å². The maximum Gasteiger partial charge on any atom is 0.316 e. The average Bonchev–Trinajstić information content (AvgIpc) is 2.52. The second kappa shape index (κ2) is 12.7. The number of esters is 1. The minimum atomic E-state index is -0.780. The fourth-order valence-corrected chi connectivity index (χ4v) is 2.30. The SMILES string of the molecule is COC(=O)C(C/C=C(/CO)CCC=C(C)CCC=C(C)C)C(C)=O. The Morgan fingerprint density at radius 2 is 1.62 bits per heavy atom. The summed E-state index contributed by atoms with van der Waals surface area (Å²) in [5, 5.41) is 9.44. The van der Waals surface area contributed by atoms with Crippen LogP contribution in [0, 0.1) is 5.92 Å². The number of rotatable bonds is 11. The van der Waals surface area contributed by atoms with Crippen molar-refractivity contribution in [2.24, 2.45) is 5.92 Å². The number of ketones is 1. The number of carbonyl (C=O) groups is 2. The summed E-state index contributed by atoms with van der Waals surface area (Å²) >= 11 is 0. The smallest absolute Gasteiger partial charge is 0.316 e. The second-order valence-corrected chi connectivity index (χ2v) is 6.35. The predicted molar refractivity (Wildman–Crippen MR) is 97.6 cm³/mol. The predicted octanol–water partition coefficient (Wildman–Crippen LogP) is 4.15. The van der Waals surface area contributed by atoms with E-state index in [2.05, 4.69) is 37.7 Å². The van der Waals surface area contributed by atoms with Gasteiger partial charge in [-0.15, -0.1) is 0 Å². The molecule has 0 aliphatic heterocycles. The third-order valence-corrected chi connectivity index (χ3v) is 3.87. The maximum absolute atomic E-state index is 11.6. The van der Waals surface area contributed by atoms with Crippen molar-refractivity contribution in [2.75, 3.05) is 13.7 Å². The Labute approximate surface area is 146 Å². The summed E-state index contributed by atoms with van der Waals surface area (Å²) in [6.45, 7) is 7.63. The molecule has 0 saturated carbocycles. The first-order chi connectivity index (χ1) is 11.3. The number of hydrogen-bond acceptors (Lipinski definition) is 4. The number of ether oxygens (including phenoxy) is 1. The summed E-state index contributed by atoms with van der Waals surface area (Å²) in [6, 6.07) is 0. The van der Waals surface area contributed by atoms with Crippen LogP contribution in [0.4, 0.5) is 0 Å². The van der Waals surface area contributed by atoms with Gasteiger partial charge in [0.05, 0.1) is 13.7 Å². The van der Waals surface area contributed by atoms with E-state index in [0.717, 1.165) is 31.3 Å². The van der Waals surface area contributed by atoms with Crippen LogP contribution in [0.15, 0.2) is 34.9 Å². The molecule has 0 heterocycles. The van der Waals surface area contributed by atoms with Gasteiger partial charge in [0.1, 0.15) is 11.7 Å². The Hall–Kier alpha value is -1.68. The van der Waals surface area contributed by atoms with E-state index in [9.17, 15) is 14.7 Å². The van der Waals surface area contributed by atoms with Crippen LogP contribution in [0.1, 0.15) is 59.8 Å². The molecule has 0 aromatic rings. The topological polar surface area (TPSA) is 63.6 Å². The van der Waals surface area contributed by atoms with Crippen LogP contribution in [-0.2, 0) is 14.3 Å². The van der Waals surface area contributed by atoms with Crippen LogP contribution < -0.4 is 0 Å². The van der Waals surface area contributed by atoms with E-state index in [4.69, 9.17) is 0 Å². The molecule has 0 aliphatic rings. The largest absolute Gasteiger partial charge is 0.468 e. The van der Waals surface area contributed by atoms with Gasteiger partial charge in [-0.05, 0) is 65.4 Å². The zero-order valence-corrected chi connectivity index (χ0v) is 15.7. The highest BCUT2D eigenvalue weighted by Crippen LogP contribution is 2.15. The average molecular weight is 336 g/mol. The monoisotopic (exact) mass is 336 g/mol. The lowest BCUT2D eigenvalue weighted by Gasteiger charge is -2.10. The molecule has 0 rings (SSSR count). The Kier molecular flexibility index (Phi) is 11.8. The summed E-state index contributed by atoms with van der Waals surface area (Å²) in [4.78, 5) is 23.0. The van der Waals surface area contributed by atoms with Gasteiger partial charge in [-0.1, -0.05) is 29.4 Å². The highest BCUT2D eigenvalue weighted by molar-refractivity contribution is 5.97. The van der Waals surface area contributed by atoms with Crippen molar-refractivity contribution in [1.29, 1.82) is 0 Å². The van der Waals surface area contributed by atoms with Gasteiger partial charge >= 0.3 is 5.97 Å². The standard InChI is InChI=1S/C20H32O4/c1-15(2)8-6-9-16(3)10-7-11-18(14-21)12-13-19(17(4)22)20(23)24-5/h8,10,12,19,21H,6-7,9,11,13-14H2,1-5H3/b16-10?,18-12+. The molecular weight excluding hydrogens is 304 g/mol. The van der Waals surface area contributed by atoms with Crippen molar-refractivity contribution in [3.63, 3.8) is 0 Å². The molecule has 0 radical (unpaired) electrons. The molecule has 1 unspecified atom stereocenters. The molecule has 4 nitrogen and oxygen atoms in total. The van der Waals surface area contributed by atoms with Crippen LogP contribution >= 0.6 is 0 Å². The quantitative estimate of drug-likeness (QED) is 0.350. The highest BCUT2D eigenvalue weighted by atomic mass is 16.5. The van der Waals surface area contributed by atoms with E-state index in [-0.39, 0.29) is 18.8 Å². The molecule has 0 aliphatic carbocycles. The summed E-state index contributed by atoms with van der Waals surface area (Å²) in [7, 11) is 1.28. The number of Topliss-reactive ketones (excluding diaryl/α,β-unsaturated/α-hetero) is 1. The molecule has 4 heteroatoms. The van der Waals surface area contributed by atoms with Crippen LogP contribution in [0.25, 0.3) is 0 Å². The first kappa shape index (κ1) is 22.3. The molecule has 0 spiro atoms. The van der Waals surface area contributed by atoms with Gasteiger partial charge in [-0.2, -0.15) is 0 Å². The Morgan fingerprint density at radius 3 is 2.12 bits per heavy atom. The van der Waals surface area contributed by atoms with E-state index in [1.54, 1.807) is 6.08 Å². The molecule has 0 aromatic carbocycles. The molecule has 1 atom stereocenters. The van der Waals surface area contributed by atoms with Crippen LogP contribution in [0.2, 0.25) is 0 Å². The Bertz CT molecular complexity index is 494. The zero-order chi connectivity index (χ0) is 18.5. The summed E-state index contributed by atoms with van der Waals surface area (Å²) < 4.78 is 4.64. The first-order valence-electron chi connectivity index (χ1n) is 8.47. The van der Waals surface area contributed by atoms with E-state index < -0.39 is 11.9 Å². The molecule has 1 N–H and O–H groups in total. The summed E-state index contributed by atoms with van der Waals surface area (Å²) in [5.74, 6) is -1.52. The highest BCUT2D eigenvalue weighted by Gasteiger charge is 2.22. The van der Waals surface area contributed by atoms with Gasteiger partial charge in [-0.25, -0.2) is 0 Å². The lowest BCUT2D eigenvalue weighted by Crippen LogP contribution is -2.22. The number of allylic oxidation sites excluding steroid dienone is 5. The van der Waals surface area contributed by atoms with Crippen molar-refractivity contribution < 1.29 is 19.4 Å². The molecule has 24 heavy (non-hydrogen) atoms. The number of aliphatic hydroxyl groups is 1. The summed E-state index contributed by atoms with van der Waals surface area (Å²) in [6.07, 6.45) is 10.1. The minimum Gasteiger partial charge on any atom is -0.468 e. The van der Waals surface area contributed by atoms with Gasteiger partial charge in [-0.3, -0.25) is 9.59 Å². The van der Waals surface area contributed by atoms with E-state index in [0.29, 0.717) is 0 Å². The number of carbonyl (C=O) groups excluding carboxylic acids is 2. The van der Waals surface area contributed by atoms with E-state index in [1.807, 2.05) is 0 Å². The Balaban J connectivity index is 4.51. The fourth-order valence-electron chi connectivity index (χ4n) is 2.30. The first-order valence-corrected chi connectivity index (χ1v) is 8.47. The van der Waals surface area contributed by atoms with Crippen LogP contribution in [-0.4, -0.2) is 30.6 Å². The third kappa shape index (κ3) is 10.2. The fraction of sp³-hybridized carbons (Fsp3) is 0.600.